The molecule has 0 amide bonds. The molecule has 0 atom stereocenters. The van der Waals surface area contributed by atoms with Crippen LogP contribution >= 0.6 is 11.8 Å². The fourth-order valence-electron chi connectivity index (χ4n) is 1.65. The lowest BCUT2D eigenvalue weighted by molar-refractivity contribution is 0.318. The molecule has 0 fully saturated rings. The van der Waals surface area contributed by atoms with Gasteiger partial charge in [-0.05, 0) is 11.8 Å². The van der Waals surface area contributed by atoms with E-state index in [0.29, 0.717) is 10.2 Å². The maximum absolute atomic E-state index is 8.71. The fraction of sp³-hybridized carbons (Fsp3) is 1.00. The van der Waals surface area contributed by atoms with Crippen LogP contribution in [0.2, 0.25) is 0 Å². The second-order valence-corrected chi connectivity index (χ2v) is 6.87. The zero-order chi connectivity index (χ0) is 9.83. The van der Waals surface area contributed by atoms with Crippen LogP contribution in [0.1, 0.15) is 41.0 Å². The normalized spacial score (nSPS) is 13.5. The maximum Gasteiger partial charge on any atom is 0.0521 e. The number of aliphatic hydroxyl groups excluding tert-OH is 1. The summed E-state index contributed by atoms with van der Waals surface area (Å²) in [7, 11) is 0. The Morgan fingerprint density at radius 1 is 1.08 bits per heavy atom. The zero-order valence-corrected chi connectivity index (χ0v) is 9.79. The molecule has 0 aromatic heterocycles. The van der Waals surface area contributed by atoms with Crippen LogP contribution in [0.4, 0.5) is 0 Å². The van der Waals surface area contributed by atoms with Crippen LogP contribution in [0.15, 0.2) is 0 Å². The van der Waals surface area contributed by atoms with Crippen LogP contribution in [0.25, 0.3) is 0 Å². The zero-order valence-electron chi connectivity index (χ0n) is 8.98. The van der Waals surface area contributed by atoms with Crippen LogP contribution in [-0.4, -0.2) is 22.2 Å². The average molecular weight is 190 g/mol. The van der Waals surface area contributed by atoms with Crippen molar-refractivity contribution in [2.45, 2.75) is 45.8 Å². The lowest BCUT2D eigenvalue weighted by atomic mass is 9.86. The first-order chi connectivity index (χ1) is 5.27. The molecule has 12 heavy (non-hydrogen) atoms. The van der Waals surface area contributed by atoms with Gasteiger partial charge in [-0.3, -0.25) is 0 Å². The minimum Gasteiger partial charge on any atom is -0.396 e. The molecule has 0 heterocycles. The standard InChI is InChI=1S/C10H22OS/c1-9(2,3)8-10(4,5)12-7-6-11/h11H,6-8H2,1-5H3. The summed E-state index contributed by atoms with van der Waals surface area (Å²) in [5, 5.41) is 8.71. The van der Waals surface area contributed by atoms with Crippen LogP contribution in [-0.2, 0) is 0 Å². The van der Waals surface area contributed by atoms with Crippen molar-refractivity contribution in [3.63, 3.8) is 0 Å². The van der Waals surface area contributed by atoms with Gasteiger partial charge in [0.25, 0.3) is 0 Å². The molecule has 0 unspecified atom stereocenters. The Hall–Kier alpha value is 0.310. The van der Waals surface area contributed by atoms with Crippen molar-refractivity contribution in [3.05, 3.63) is 0 Å². The lowest BCUT2D eigenvalue weighted by Gasteiger charge is -2.31. The van der Waals surface area contributed by atoms with E-state index in [1.165, 1.54) is 6.42 Å². The lowest BCUT2D eigenvalue weighted by Crippen LogP contribution is -2.24. The highest BCUT2D eigenvalue weighted by molar-refractivity contribution is 8.00. The maximum atomic E-state index is 8.71. The molecular weight excluding hydrogens is 168 g/mol. The fourth-order valence-corrected chi connectivity index (χ4v) is 2.83. The summed E-state index contributed by atoms with van der Waals surface area (Å²) in [4.78, 5) is 0. The molecule has 0 aliphatic carbocycles. The van der Waals surface area contributed by atoms with E-state index in [0.717, 1.165) is 5.75 Å². The second kappa shape index (κ2) is 4.52. The molecule has 0 aliphatic rings. The Kier molecular flexibility index (Phi) is 4.64. The largest absolute Gasteiger partial charge is 0.396 e. The summed E-state index contributed by atoms with van der Waals surface area (Å²) in [6.45, 7) is 11.6. The Morgan fingerprint density at radius 2 is 1.58 bits per heavy atom. The quantitative estimate of drug-likeness (QED) is 0.735. The van der Waals surface area contributed by atoms with Gasteiger partial charge in [0.15, 0.2) is 0 Å². The summed E-state index contributed by atoms with van der Waals surface area (Å²) in [6.07, 6.45) is 1.19. The summed E-state index contributed by atoms with van der Waals surface area (Å²) in [5.41, 5.74) is 0.381. The Balaban J connectivity index is 3.86. The molecule has 1 nitrogen and oxygen atoms in total. The van der Waals surface area contributed by atoms with Gasteiger partial charge in [-0.15, -0.1) is 0 Å². The van der Waals surface area contributed by atoms with Gasteiger partial charge in [-0.25, -0.2) is 0 Å². The van der Waals surface area contributed by atoms with Crippen molar-refractivity contribution in [2.24, 2.45) is 5.41 Å². The molecule has 74 valence electrons. The van der Waals surface area contributed by atoms with Crippen molar-refractivity contribution >= 4 is 11.8 Å². The van der Waals surface area contributed by atoms with Gasteiger partial charge in [0.05, 0.1) is 6.61 Å². The molecule has 0 saturated carbocycles. The van der Waals surface area contributed by atoms with E-state index in [-0.39, 0.29) is 6.61 Å². The van der Waals surface area contributed by atoms with E-state index in [9.17, 15) is 0 Å². The number of rotatable bonds is 4. The number of hydrogen-bond acceptors (Lipinski definition) is 2. The Labute approximate surface area is 80.9 Å². The smallest absolute Gasteiger partial charge is 0.0521 e. The molecule has 0 rings (SSSR count). The molecule has 0 aromatic rings. The van der Waals surface area contributed by atoms with Crippen LogP contribution in [0, 0.1) is 5.41 Å². The van der Waals surface area contributed by atoms with Crippen LogP contribution in [0.5, 0.6) is 0 Å². The van der Waals surface area contributed by atoms with E-state index in [4.69, 9.17) is 5.11 Å². The van der Waals surface area contributed by atoms with Crippen LogP contribution in [0.3, 0.4) is 0 Å². The average Bonchev–Trinajstić information content (AvgIpc) is 1.78. The highest BCUT2D eigenvalue weighted by Crippen LogP contribution is 2.36. The van der Waals surface area contributed by atoms with E-state index in [2.05, 4.69) is 34.6 Å². The predicted molar refractivity (Wildman–Crippen MR) is 57.7 cm³/mol. The third kappa shape index (κ3) is 6.99. The van der Waals surface area contributed by atoms with Gasteiger partial charge in [-0.2, -0.15) is 11.8 Å². The first kappa shape index (κ1) is 12.3. The first-order valence-corrected chi connectivity index (χ1v) is 5.50. The van der Waals surface area contributed by atoms with Gasteiger partial charge in [0.2, 0.25) is 0 Å². The Bertz CT molecular complexity index is 124. The number of thioether (sulfide) groups is 1. The van der Waals surface area contributed by atoms with Crippen LogP contribution < -0.4 is 0 Å². The summed E-state index contributed by atoms with van der Waals surface area (Å²) in [6, 6.07) is 0. The third-order valence-corrected chi connectivity index (χ3v) is 2.85. The third-order valence-electron chi connectivity index (χ3n) is 1.54. The van der Waals surface area contributed by atoms with Crippen molar-refractivity contribution in [1.82, 2.24) is 0 Å². The van der Waals surface area contributed by atoms with Crippen molar-refractivity contribution in [2.75, 3.05) is 12.4 Å². The molecule has 0 spiro atoms. The number of aliphatic hydroxyl groups is 1. The van der Waals surface area contributed by atoms with Gasteiger partial charge in [-0.1, -0.05) is 34.6 Å². The molecule has 0 aromatic carbocycles. The van der Waals surface area contributed by atoms with E-state index >= 15 is 0 Å². The summed E-state index contributed by atoms with van der Waals surface area (Å²) in [5.74, 6) is 0.850. The van der Waals surface area contributed by atoms with Gasteiger partial charge in [0.1, 0.15) is 0 Å². The van der Waals surface area contributed by atoms with Crippen molar-refractivity contribution < 1.29 is 5.11 Å². The second-order valence-electron chi connectivity index (χ2n) is 5.07. The summed E-state index contributed by atoms with van der Waals surface area (Å²) < 4.78 is 0.293. The summed E-state index contributed by atoms with van der Waals surface area (Å²) >= 11 is 1.86. The topological polar surface area (TPSA) is 20.2 Å². The monoisotopic (exact) mass is 190 g/mol. The van der Waals surface area contributed by atoms with Gasteiger partial charge >= 0.3 is 0 Å². The van der Waals surface area contributed by atoms with Crippen molar-refractivity contribution in [3.8, 4) is 0 Å². The first-order valence-electron chi connectivity index (χ1n) is 4.52. The van der Waals surface area contributed by atoms with E-state index in [1.54, 1.807) is 0 Å². The molecule has 1 N–H and O–H groups in total. The molecule has 0 bridgehead atoms. The minimum absolute atomic E-state index is 0.290. The van der Waals surface area contributed by atoms with Gasteiger partial charge in [0, 0.05) is 10.5 Å². The van der Waals surface area contributed by atoms with E-state index in [1.807, 2.05) is 11.8 Å². The molecule has 0 aliphatic heterocycles. The molecule has 0 radical (unpaired) electrons. The highest BCUT2D eigenvalue weighted by atomic mass is 32.2. The molecular formula is C10H22OS. The Morgan fingerprint density at radius 3 is 1.92 bits per heavy atom. The predicted octanol–water partition coefficient (Wildman–Crippen LogP) is 2.93. The highest BCUT2D eigenvalue weighted by Gasteiger charge is 2.25. The SMILES string of the molecule is CC(C)(C)CC(C)(C)SCCO. The van der Waals surface area contributed by atoms with Crippen molar-refractivity contribution in [1.29, 1.82) is 0 Å². The molecule has 0 saturated heterocycles. The van der Waals surface area contributed by atoms with Gasteiger partial charge < -0.3 is 5.11 Å². The van der Waals surface area contributed by atoms with E-state index < -0.39 is 0 Å². The minimum atomic E-state index is 0.290. The number of hydrogen-bond donors (Lipinski definition) is 1. The molecule has 2 heteroatoms.